The number of rotatable bonds is 4. The fourth-order valence-electron chi connectivity index (χ4n) is 1.40. The van der Waals surface area contributed by atoms with Gasteiger partial charge >= 0.3 is 0 Å². The lowest BCUT2D eigenvalue weighted by Crippen LogP contribution is -2.11. The molecule has 16 heavy (non-hydrogen) atoms. The average molecular weight is 328 g/mol. The zero-order chi connectivity index (χ0) is 11.4. The maximum absolute atomic E-state index is 5.30. The van der Waals surface area contributed by atoms with Crippen LogP contribution >= 0.6 is 22.6 Å². The maximum Gasteiger partial charge on any atom is 0.167 e. The number of aromatic nitrogens is 1. The third kappa shape index (κ3) is 2.82. The summed E-state index contributed by atoms with van der Waals surface area (Å²) in [6, 6.07) is 10.2. The predicted octanol–water partition coefficient (Wildman–Crippen LogP) is 3.06. The van der Waals surface area contributed by atoms with E-state index in [-0.39, 0.29) is 0 Å². The smallest absolute Gasteiger partial charge is 0.167 e. The highest BCUT2D eigenvalue weighted by atomic mass is 127. The molecule has 0 saturated heterocycles. The lowest BCUT2D eigenvalue weighted by atomic mass is 10.2. The third-order valence-electron chi connectivity index (χ3n) is 2.24. The standard InChI is InChI=1S/C12H13IN2O/c1-2-14-8-11-7-12(16-15-11)9-3-5-10(13)6-4-9/h3-7,14H,2,8H2,1H3. The van der Waals surface area contributed by atoms with Gasteiger partial charge in [0.1, 0.15) is 0 Å². The average Bonchev–Trinajstić information content (AvgIpc) is 2.76. The van der Waals surface area contributed by atoms with Gasteiger partial charge in [-0.2, -0.15) is 0 Å². The lowest BCUT2D eigenvalue weighted by Gasteiger charge is -1.95. The van der Waals surface area contributed by atoms with E-state index in [4.69, 9.17) is 4.52 Å². The van der Waals surface area contributed by atoms with E-state index < -0.39 is 0 Å². The van der Waals surface area contributed by atoms with Crippen molar-refractivity contribution in [3.63, 3.8) is 0 Å². The minimum Gasteiger partial charge on any atom is -0.356 e. The molecular formula is C12H13IN2O. The molecule has 0 aliphatic heterocycles. The van der Waals surface area contributed by atoms with Gasteiger partial charge in [0.2, 0.25) is 0 Å². The topological polar surface area (TPSA) is 38.1 Å². The van der Waals surface area contributed by atoms with Gasteiger partial charge in [0.15, 0.2) is 5.76 Å². The Morgan fingerprint density at radius 1 is 1.31 bits per heavy atom. The van der Waals surface area contributed by atoms with Crippen LogP contribution in [0.5, 0.6) is 0 Å². The van der Waals surface area contributed by atoms with Gasteiger partial charge < -0.3 is 9.84 Å². The Balaban J connectivity index is 2.15. The number of hydrogen-bond donors (Lipinski definition) is 1. The Bertz CT molecular complexity index is 450. The number of benzene rings is 1. The van der Waals surface area contributed by atoms with E-state index in [9.17, 15) is 0 Å². The summed E-state index contributed by atoms with van der Waals surface area (Å²) < 4.78 is 6.51. The first-order chi connectivity index (χ1) is 7.79. The molecule has 0 saturated carbocycles. The molecule has 1 aromatic heterocycles. The number of nitrogens with one attached hydrogen (secondary N) is 1. The molecule has 1 heterocycles. The van der Waals surface area contributed by atoms with Crippen LogP contribution in [0, 0.1) is 3.57 Å². The van der Waals surface area contributed by atoms with Crippen LogP contribution in [0.2, 0.25) is 0 Å². The highest BCUT2D eigenvalue weighted by molar-refractivity contribution is 14.1. The summed E-state index contributed by atoms with van der Waals surface area (Å²) >= 11 is 2.28. The van der Waals surface area contributed by atoms with Gasteiger partial charge in [-0.3, -0.25) is 0 Å². The van der Waals surface area contributed by atoms with E-state index in [0.29, 0.717) is 0 Å². The van der Waals surface area contributed by atoms with E-state index in [1.165, 1.54) is 3.57 Å². The molecule has 0 fully saturated rings. The molecule has 4 heteroatoms. The molecule has 84 valence electrons. The first-order valence-corrected chi connectivity index (χ1v) is 6.29. The molecule has 0 unspecified atom stereocenters. The van der Waals surface area contributed by atoms with Crippen molar-refractivity contribution in [2.75, 3.05) is 6.54 Å². The van der Waals surface area contributed by atoms with Crippen LogP contribution in [-0.4, -0.2) is 11.7 Å². The summed E-state index contributed by atoms with van der Waals surface area (Å²) in [4.78, 5) is 0. The van der Waals surface area contributed by atoms with E-state index in [1.807, 2.05) is 18.2 Å². The second kappa shape index (κ2) is 5.45. The second-order valence-electron chi connectivity index (χ2n) is 3.47. The molecule has 0 aliphatic carbocycles. The van der Waals surface area contributed by atoms with Gasteiger partial charge in [-0.15, -0.1) is 0 Å². The molecule has 0 amide bonds. The van der Waals surface area contributed by atoms with Gasteiger partial charge in [-0.05, 0) is 41.3 Å². The van der Waals surface area contributed by atoms with Gasteiger partial charge in [-0.1, -0.05) is 24.2 Å². The van der Waals surface area contributed by atoms with Crippen molar-refractivity contribution in [3.8, 4) is 11.3 Å². The van der Waals surface area contributed by atoms with Crippen molar-refractivity contribution in [2.24, 2.45) is 0 Å². The van der Waals surface area contributed by atoms with Crippen LogP contribution in [0.4, 0.5) is 0 Å². The molecule has 0 spiro atoms. The van der Waals surface area contributed by atoms with Crippen LogP contribution < -0.4 is 5.32 Å². The Kier molecular flexibility index (Phi) is 3.95. The molecular weight excluding hydrogens is 315 g/mol. The van der Waals surface area contributed by atoms with Crippen molar-refractivity contribution in [1.82, 2.24) is 10.5 Å². The summed E-state index contributed by atoms with van der Waals surface area (Å²) in [6.45, 7) is 3.76. The Morgan fingerprint density at radius 2 is 2.06 bits per heavy atom. The zero-order valence-corrected chi connectivity index (χ0v) is 11.2. The Labute approximate surface area is 108 Å². The third-order valence-corrected chi connectivity index (χ3v) is 2.96. The molecule has 2 rings (SSSR count). The summed E-state index contributed by atoms with van der Waals surface area (Å²) in [5.74, 6) is 0.823. The van der Waals surface area contributed by atoms with Crippen LogP contribution in [-0.2, 0) is 6.54 Å². The first kappa shape index (κ1) is 11.6. The molecule has 0 aliphatic rings. The summed E-state index contributed by atoms with van der Waals surface area (Å²) in [5, 5.41) is 7.23. The maximum atomic E-state index is 5.30. The molecule has 0 bridgehead atoms. The summed E-state index contributed by atoms with van der Waals surface area (Å²) in [6.07, 6.45) is 0. The zero-order valence-electron chi connectivity index (χ0n) is 9.03. The predicted molar refractivity (Wildman–Crippen MR) is 72.0 cm³/mol. The summed E-state index contributed by atoms with van der Waals surface area (Å²) in [7, 11) is 0. The van der Waals surface area contributed by atoms with Crippen molar-refractivity contribution >= 4 is 22.6 Å². The van der Waals surface area contributed by atoms with Crippen LogP contribution in [0.1, 0.15) is 12.6 Å². The van der Waals surface area contributed by atoms with E-state index >= 15 is 0 Å². The second-order valence-corrected chi connectivity index (χ2v) is 4.72. The molecule has 3 nitrogen and oxygen atoms in total. The van der Waals surface area contributed by atoms with Gasteiger partial charge in [-0.25, -0.2) is 0 Å². The molecule has 2 aromatic rings. The van der Waals surface area contributed by atoms with Crippen LogP contribution in [0.25, 0.3) is 11.3 Å². The molecule has 1 aromatic carbocycles. The van der Waals surface area contributed by atoms with Crippen molar-refractivity contribution in [2.45, 2.75) is 13.5 Å². The van der Waals surface area contributed by atoms with Crippen LogP contribution in [0.3, 0.4) is 0 Å². The molecule has 0 atom stereocenters. The quantitative estimate of drug-likeness (QED) is 0.877. The Hall–Kier alpha value is -0.880. The van der Waals surface area contributed by atoms with E-state index in [2.05, 4.69) is 52.1 Å². The minimum absolute atomic E-state index is 0.754. The SMILES string of the molecule is CCNCc1cc(-c2ccc(I)cc2)on1. The van der Waals surface area contributed by atoms with Gasteiger partial charge in [0.25, 0.3) is 0 Å². The van der Waals surface area contributed by atoms with Crippen LogP contribution in [0.15, 0.2) is 34.9 Å². The minimum atomic E-state index is 0.754. The van der Waals surface area contributed by atoms with Crippen molar-refractivity contribution in [1.29, 1.82) is 0 Å². The van der Waals surface area contributed by atoms with Crippen molar-refractivity contribution < 1.29 is 4.52 Å². The highest BCUT2D eigenvalue weighted by Crippen LogP contribution is 2.21. The summed E-state index contributed by atoms with van der Waals surface area (Å²) in [5.41, 5.74) is 2.01. The largest absolute Gasteiger partial charge is 0.356 e. The Morgan fingerprint density at radius 3 is 2.75 bits per heavy atom. The lowest BCUT2D eigenvalue weighted by molar-refractivity contribution is 0.420. The molecule has 1 N–H and O–H groups in total. The van der Waals surface area contributed by atoms with E-state index in [0.717, 1.165) is 30.1 Å². The monoisotopic (exact) mass is 328 g/mol. The highest BCUT2D eigenvalue weighted by Gasteiger charge is 2.05. The first-order valence-electron chi connectivity index (χ1n) is 5.22. The normalized spacial score (nSPS) is 10.6. The van der Waals surface area contributed by atoms with Gasteiger partial charge in [0.05, 0.1) is 5.69 Å². The number of halogens is 1. The number of hydrogen-bond acceptors (Lipinski definition) is 3. The van der Waals surface area contributed by atoms with Gasteiger partial charge in [0, 0.05) is 21.7 Å². The fourth-order valence-corrected chi connectivity index (χ4v) is 1.76. The van der Waals surface area contributed by atoms with Crippen molar-refractivity contribution in [3.05, 3.63) is 39.6 Å². The van der Waals surface area contributed by atoms with E-state index in [1.54, 1.807) is 0 Å². The number of nitrogens with zero attached hydrogens (tertiary/aromatic N) is 1. The fraction of sp³-hybridized carbons (Fsp3) is 0.250. The molecule has 0 radical (unpaired) electrons.